The van der Waals surface area contributed by atoms with E-state index in [1.54, 1.807) is 0 Å². The van der Waals surface area contributed by atoms with Crippen LogP contribution in [-0.4, -0.2) is 23.3 Å². The third kappa shape index (κ3) is 1.17. The molecule has 1 heterocycles. The average Bonchev–Trinajstić information content (AvgIpc) is 1.95. The smallest absolute Gasteiger partial charge is 0.164 e. The van der Waals surface area contributed by atoms with Gasteiger partial charge >= 0.3 is 0 Å². The van der Waals surface area contributed by atoms with Crippen molar-refractivity contribution in [1.82, 2.24) is 4.90 Å². The number of likely N-dealkylation sites (N-methyl/N-ethyl adjacent to an activating group) is 1. The van der Waals surface area contributed by atoms with E-state index in [0.29, 0.717) is 5.78 Å². The number of rotatable bonds is 0. The molecule has 0 saturated heterocycles. The van der Waals surface area contributed by atoms with Gasteiger partial charge in [-0.05, 0) is 20.0 Å². The van der Waals surface area contributed by atoms with E-state index in [9.17, 15) is 4.79 Å². The fraction of sp³-hybridized carbons (Fsp3) is 0.667. The zero-order valence-electron chi connectivity index (χ0n) is 7.59. The summed E-state index contributed by atoms with van der Waals surface area (Å²) in [4.78, 5) is 13.5. The Kier molecular flexibility index (Phi) is 1.78. The molecule has 1 unspecified atom stereocenters. The Morgan fingerprint density at radius 3 is 2.55 bits per heavy atom. The minimum Gasteiger partial charge on any atom is -0.369 e. The Labute approximate surface area is 67.9 Å². The molecule has 0 radical (unpaired) electrons. The largest absolute Gasteiger partial charge is 0.369 e. The summed E-state index contributed by atoms with van der Waals surface area (Å²) in [5.41, 5.74) is -0.325. The van der Waals surface area contributed by atoms with Crippen LogP contribution in [0.25, 0.3) is 0 Å². The first-order valence-electron chi connectivity index (χ1n) is 3.92. The summed E-state index contributed by atoms with van der Waals surface area (Å²) in [6.45, 7) is 5.85. The Bertz CT molecular complexity index is 206. The number of carbonyl (C=O) groups excluding carboxylic acids is 1. The van der Waals surface area contributed by atoms with Crippen molar-refractivity contribution < 1.29 is 4.79 Å². The molecule has 62 valence electrons. The fourth-order valence-corrected chi connectivity index (χ4v) is 1.26. The minimum atomic E-state index is -0.325. The van der Waals surface area contributed by atoms with Crippen molar-refractivity contribution in [3.63, 3.8) is 0 Å². The molecule has 2 nitrogen and oxygen atoms in total. The van der Waals surface area contributed by atoms with Crippen LogP contribution in [0.15, 0.2) is 12.3 Å². The number of hydrogen-bond donors (Lipinski definition) is 0. The van der Waals surface area contributed by atoms with Crippen LogP contribution in [0.1, 0.15) is 20.8 Å². The molecule has 1 aliphatic rings. The molecule has 2 heteroatoms. The first-order valence-corrected chi connectivity index (χ1v) is 3.92. The maximum Gasteiger partial charge on any atom is 0.164 e. The van der Waals surface area contributed by atoms with Crippen molar-refractivity contribution in [2.75, 3.05) is 7.05 Å². The lowest BCUT2D eigenvalue weighted by atomic mass is 9.86. The topological polar surface area (TPSA) is 20.3 Å². The zero-order valence-corrected chi connectivity index (χ0v) is 7.59. The molecule has 0 bridgehead atoms. The van der Waals surface area contributed by atoms with Crippen molar-refractivity contribution in [3.8, 4) is 0 Å². The SMILES string of the molecule is CC1C=CN(C)C(C)(C)C1=O. The Hall–Kier alpha value is -0.790. The molecule has 0 spiro atoms. The lowest BCUT2D eigenvalue weighted by molar-refractivity contribution is -0.130. The van der Waals surface area contributed by atoms with Crippen LogP contribution in [0.4, 0.5) is 0 Å². The van der Waals surface area contributed by atoms with Gasteiger partial charge in [0.2, 0.25) is 0 Å². The van der Waals surface area contributed by atoms with Crippen LogP contribution in [0.3, 0.4) is 0 Å². The summed E-state index contributed by atoms with van der Waals surface area (Å²) in [5.74, 6) is 0.365. The van der Waals surface area contributed by atoms with E-state index >= 15 is 0 Å². The van der Waals surface area contributed by atoms with Crippen molar-refractivity contribution in [1.29, 1.82) is 0 Å². The van der Waals surface area contributed by atoms with Gasteiger partial charge < -0.3 is 4.90 Å². The number of nitrogens with zero attached hydrogens (tertiary/aromatic N) is 1. The van der Waals surface area contributed by atoms with Gasteiger partial charge in [-0.15, -0.1) is 0 Å². The van der Waals surface area contributed by atoms with E-state index in [-0.39, 0.29) is 11.5 Å². The number of carbonyl (C=O) groups is 1. The third-order valence-electron chi connectivity index (χ3n) is 2.50. The molecule has 1 aliphatic heterocycles. The molecule has 1 rings (SSSR count). The molecule has 0 saturated carbocycles. The van der Waals surface area contributed by atoms with E-state index in [2.05, 4.69) is 0 Å². The van der Waals surface area contributed by atoms with Crippen LogP contribution in [0, 0.1) is 5.92 Å². The first kappa shape index (κ1) is 8.31. The third-order valence-corrected chi connectivity index (χ3v) is 2.50. The zero-order chi connectivity index (χ0) is 8.65. The van der Waals surface area contributed by atoms with Gasteiger partial charge in [0, 0.05) is 13.0 Å². The van der Waals surface area contributed by atoms with Gasteiger partial charge in [-0.3, -0.25) is 4.79 Å². The lowest BCUT2D eigenvalue weighted by Crippen LogP contribution is -2.49. The Morgan fingerprint density at radius 1 is 1.55 bits per heavy atom. The highest BCUT2D eigenvalue weighted by atomic mass is 16.1. The molecule has 0 aliphatic carbocycles. The van der Waals surface area contributed by atoms with E-state index in [0.717, 1.165) is 0 Å². The van der Waals surface area contributed by atoms with Crippen LogP contribution in [0.5, 0.6) is 0 Å². The Morgan fingerprint density at radius 2 is 2.09 bits per heavy atom. The predicted octanol–water partition coefficient (Wildman–Crippen LogP) is 1.43. The standard InChI is InChI=1S/C9H15NO/c1-7-5-6-10(4)9(2,3)8(7)11/h5-7H,1-4H3. The average molecular weight is 153 g/mol. The number of hydrogen-bond acceptors (Lipinski definition) is 2. The summed E-state index contributed by atoms with van der Waals surface area (Å²) in [7, 11) is 1.93. The highest BCUT2D eigenvalue weighted by Crippen LogP contribution is 2.23. The highest BCUT2D eigenvalue weighted by Gasteiger charge is 2.35. The monoisotopic (exact) mass is 153 g/mol. The van der Waals surface area contributed by atoms with E-state index in [4.69, 9.17) is 0 Å². The summed E-state index contributed by atoms with van der Waals surface area (Å²) in [6, 6.07) is 0. The second-order valence-corrected chi connectivity index (χ2v) is 3.66. The molecule has 0 fully saturated rings. The molecule has 1 atom stereocenters. The molecule has 0 aromatic rings. The molecule has 11 heavy (non-hydrogen) atoms. The van der Waals surface area contributed by atoms with Gasteiger partial charge in [0.1, 0.15) is 0 Å². The second kappa shape index (κ2) is 2.36. The van der Waals surface area contributed by atoms with Crippen LogP contribution in [-0.2, 0) is 4.79 Å². The van der Waals surface area contributed by atoms with E-state index in [1.807, 2.05) is 45.0 Å². The van der Waals surface area contributed by atoms with Crippen LogP contribution < -0.4 is 0 Å². The van der Waals surface area contributed by atoms with Crippen molar-refractivity contribution in [2.45, 2.75) is 26.3 Å². The molecular formula is C9H15NO. The van der Waals surface area contributed by atoms with E-state index < -0.39 is 0 Å². The minimum absolute atomic E-state index is 0.0706. The summed E-state index contributed by atoms with van der Waals surface area (Å²) in [6.07, 6.45) is 3.92. The lowest BCUT2D eigenvalue weighted by Gasteiger charge is -2.38. The van der Waals surface area contributed by atoms with Gasteiger partial charge in [-0.1, -0.05) is 13.0 Å². The normalized spacial score (nSPS) is 29.3. The van der Waals surface area contributed by atoms with Crippen molar-refractivity contribution in [3.05, 3.63) is 12.3 Å². The number of Topliss-reactive ketones (excluding diaryl/α,β-unsaturated/α-hetero) is 1. The van der Waals surface area contributed by atoms with Gasteiger partial charge in [0.25, 0.3) is 0 Å². The van der Waals surface area contributed by atoms with E-state index in [1.165, 1.54) is 0 Å². The summed E-state index contributed by atoms with van der Waals surface area (Å²) in [5, 5.41) is 0. The van der Waals surface area contributed by atoms with Crippen LogP contribution >= 0.6 is 0 Å². The molecule has 0 N–H and O–H groups in total. The maximum atomic E-state index is 11.6. The molecule has 0 aromatic heterocycles. The Balaban J connectivity index is 2.97. The van der Waals surface area contributed by atoms with Gasteiger partial charge in [-0.25, -0.2) is 0 Å². The molecule has 0 amide bonds. The quantitative estimate of drug-likeness (QED) is 0.524. The van der Waals surface area contributed by atoms with Gasteiger partial charge in [-0.2, -0.15) is 0 Å². The maximum absolute atomic E-state index is 11.6. The predicted molar refractivity (Wildman–Crippen MR) is 45.2 cm³/mol. The van der Waals surface area contributed by atoms with Gasteiger partial charge in [0.15, 0.2) is 5.78 Å². The van der Waals surface area contributed by atoms with Crippen molar-refractivity contribution in [2.24, 2.45) is 5.92 Å². The number of allylic oxidation sites excluding steroid dienone is 1. The van der Waals surface area contributed by atoms with Gasteiger partial charge in [0.05, 0.1) is 5.54 Å². The highest BCUT2D eigenvalue weighted by molar-refractivity contribution is 5.91. The fourth-order valence-electron chi connectivity index (χ4n) is 1.26. The first-order chi connectivity index (χ1) is 4.96. The molecule has 0 aromatic carbocycles. The summed E-state index contributed by atoms with van der Waals surface area (Å²) < 4.78 is 0. The summed E-state index contributed by atoms with van der Waals surface area (Å²) >= 11 is 0. The second-order valence-electron chi connectivity index (χ2n) is 3.66. The van der Waals surface area contributed by atoms with Crippen molar-refractivity contribution >= 4 is 5.78 Å². The molecular weight excluding hydrogens is 138 g/mol. The van der Waals surface area contributed by atoms with Crippen LogP contribution in [0.2, 0.25) is 0 Å². The number of ketones is 1.